The number of hydrogen-bond acceptors (Lipinski definition) is 5. The molecule has 33 heavy (non-hydrogen) atoms. The Kier molecular flexibility index (Phi) is 6.70. The fourth-order valence-electron chi connectivity index (χ4n) is 4.11. The third-order valence-electron chi connectivity index (χ3n) is 5.79. The second-order valence-electron chi connectivity index (χ2n) is 8.26. The number of rotatable bonds is 8. The van der Waals surface area contributed by atoms with E-state index in [9.17, 15) is 4.79 Å². The summed E-state index contributed by atoms with van der Waals surface area (Å²) in [4.78, 5) is 21.7. The molecule has 0 spiro atoms. The van der Waals surface area contributed by atoms with Gasteiger partial charge in [-0.2, -0.15) is 0 Å². The Morgan fingerprint density at radius 2 is 1.88 bits per heavy atom. The van der Waals surface area contributed by atoms with Crippen LogP contribution in [0.4, 0.5) is 0 Å². The Morgan fingerprint density at radius 1 is 1.09 bits per heavy atom. The summed E-state index contributed by atoms with van der Waals surface area (Å²) in [5.74, 6) is 1.36. The zero-order valence-electron chi connectivity index (χ0n) is 19.6. The first-order valence-electron chi connectivity index (χ1n) is 11.0. The van der Waals surface area contributed by atoms with Crippen LogP contribution >= 0.6 is 11.3 Å². The molecule has 0 saturated carbocycles. The molecule has 172 valence electrons. The summed E-state index contributed by atoms with van der Waals surface area (Å²) in [5.41, 5.74) is 3.85. The highest BCUT2D eigenvalue weighted by Crippen LogP contribution is 2.40. The second kappa shape index (κ2) is 9.67. The molecular formula is C26H29N3O3S. The normalized spacial score (nSPS) is 12.2. The van der Waals surface area contributed by atoms with Crippen molar-refractivity contribution < 1.29 is 14.3 Å². The molecule has 2 N–H and O–H groups in total. The maximum Gasteiger partial charge on any atom is 0.263 e. The molecule has 0 aliphatic heterocycles. The first-order chi connectivity index (χ1) is 15.9. The molecular weight excluding hydrogens is 434 g/mol. The average molecular weight is 464 g/mol. The van der Waals surface area contributed by atoms with E-state index < -0.39 is 0 Å². The summed E-state index contributed by atoms with van der Waals surface area (Å²) >= 11 is 1.46. The minimum atomic E-state index is -0.145. The van der Waals surface area contributed by atoms with Crippen LogP contribution in [0.3, 0.4) is 0 Å². The van der Waals surface area contributed by atoms with Crippen molar-refractivity contribution in [3.63, 3.8) is 0 Å². The van der Waals surface area contributed by atoms with Crippen molar-refractivity contribution in [1.82, 2.24) is 15.3 Å². The maximum atomic E-state index is 13.1. The molecule has 0 fully saturated rings. The Balaban J connectivity index is 1.72. The fraction of sp³-hybridized carbons (Fsp3) is 0.308. The van der Waals surface area contributed by atoms with Crippen LogP contribution in [0, 0.1) is 6.92 Å². The number of aromatic nitrogens is 2. The number of H-pyrrole nitrogens is 1. The molecule has 2 aromatic heterocycles. The lowest BCUT2D eigenvalue weighted by atomic mass is 9.89. The number of fused-ring (bicyclic) bond motifs is 1. The van der Waals surface area contributed by atoms with Gasteiger partial charge in [-0.25, -0.2) is 4.98 Å². The summed E-state index contributed by atoms with van der Waals surface area (Å²) < 4.78 is 11.3. The number of thiazole rings is 1. The zero-order chi connectivity index (χ0) is 23.5. The predicted molar refractivity (Wildman–Crippen MR) is 133 cm³/mol. The molecule has 1 unspecified atom stereocenters. The summed E-state index contributed by atoms with van der Waals surface area (Å²) in [6.45, 7) is 6.46. The van der Waals surface area contributed by atoms with Crippen LogP contribution in [0.15, 0.2) is 48.7 Å². The molecule has 0 radical (unpaired) electrons. The summed E-state index contributed by atoms with van der Waals surface area (Å²) in [7, 11) is 3.27. The van der Waals surface area contributed by atoms with Crippen molar-refractivity contribution in [1.29, 1.82) is 0 Å². The van der Waals surface area contributed by atoms with Crippen LogP contribution in [-0.2, 0) is 0 Å². The van der Waals surface area contributed by atoms with Gasteiger partial charge in [-0.3, -0.25) is 4.79 Å². The maximum absolute atomic E-state index is 13.1. The molecule has 0 bridgehead atoms. The van der Waals surface area contributed by atoms with Gasteiger partial charge in [-0.1, -0.05) is 44.2 Å². The number of aryl methyl sites for hydroxylation is 1. The van der Waals surface area contributed by atoms with Crippen molar-refractivity contribution in [2.75, 3.05) is 20.8 Å². The van der Waals surface area contributed by atoms with Crippen molar-refractivity contribution in [3.05, 3.63) is 75.4 Å². The van der Waals surface area contributed by atoms with Crippen LogP contribution in [-0.4, -0.2) is 36.6 Å². The van der Waals surface area contributed by atoms with Crippen molar-refractivity contribution in [2.45, 2.75) is 32.6 Å². The molecule has 4 aromatic rings. The van der Waals surface area contributed by atoms with E-state index in [-0.39, 0.29) is 17.7 Å². The van der Waals surface area contributed by atoms with E-state index in [2.05, 4.69) is 35.2 Å². The molecule has 1 amide bonds. The number of amides is 1. The van der Waals surface area contributed by atoms with E-state index in [1.165, 1.54) is 11.3 Å². The Labute approximate surface area is 198 Å². The summed E-state index contributed by atoms with van der Waals surface area (Å²) in [6, 6.07) is 14.0. The smallest absolute Gasteiger partial charge is 0.263 e. The second-order valence-corrected chi connectivity index (χ2v) is 9.29. The van der Waals surface area contributed by atoms with Gasteiger partial charge in [-0.15, -0.1) is 11.3 Å². The monoisotopic (exact) mass is 463 g/mol. The quantitative estimate of drug-likeness (QED) is 0.355. The predicted octanol–water partition coefficient (Wildman–Crippen LogP) is 5.64. The van der Waals surface area contributed by atoms with Crippen molar-refractivity contribution >= 4 is 28.1 Å². The number of para-hydroxylation sites is 2. The van der Waals surface area contributed by atoms with E-state index in [1.54, 1.807) is 14.2 Å². The largest absolute Gasteiger partial charge is 0.493 e. The molecule has 0 saturated heterocycles. The molecule has 1 atom stereocenters. The number of ether oxygens (including phenoxy) is 2. The highest BCUT2D eigenvalue weighted by Gasteiger charge is 2.25. The molecule has 0 aliphatic rings. The van der Waals surface area contributed by atoms with E-state index in [1.807, 2.05) is 49.5 Å². The van der Waals surface area contributed by atoms with Gasteiger partial charge in [0.15, 0.2) is 11.5 Å². The lowest BCUT2D eigenvalue weighted by Gasteiger charge is -2.22. The minimum Gasteiger partial charge on any atom is -0.493 e. The minimum absolute atomic E-state index is 0.108. The molecule has 2 aromatic carbocycles. The van der Waals surface area contributed by atoms with Gasteiger partial charge in [0.25, 0.3) is 5.91 Å². The van der Waals surface area contributed by atoms with Gasteiger partial charge in [0.2, 0.25) is 0 Å². The van der Waals surface area contributed by atoms with Gasteiger partial charge >= 0.3 is 0 Å². The number of benzene rings is 2. The number of carbonyl (C=O) groups excluding carboxylic acids is 1. The molecule has 0 aliphatic carbocycles. The van der Waals surface area contributed by atoms with Crippen molar-refractivity contribution in [2.24, 2.45) is 0 Å². The molecule has 2 heterocycles. The van der Waals surface area contributed by atoms with E-state index in [4.69, 9.17) is 9.47 Å². The van der Waals surface area contributed by atoms with E-state index in [0.717, 1.165) is 32.7 Å². The number of carbonyl (C=O) groups is 1. The van der Waals surface area contributed by atoms with Crippen LogP contribution in [0.25, 0.3) is 10.9 Å². The molecule has 4 rings (SSSR count). The van der Waals surface area contributed by atoms with E-state index in [0.29, 0.717) is 22.9 Å². The highest BCUT2D eigenvalue weighted by atomic mass is 32.1. The van der Waals surface area contributed by atoms with E-state index >= 15 is 0 Å². The van der Waals surface area contributed by atoms with Gasteiger partial charge in [0.1, 0.15) is 4.88 Å². The van der Waals surface area contributed by atoms with Crippen LogP contribution in [0.5, 0.6) is 11.5 Å². The number of aromatic amines is 1. The number of methoxy groups -OCH3 is 2. The Bertz CT molecular complexity index is 1280. The topological polar surface area (TPSA) is 76.2 Å². The third-order valence-corrected chi connectivity index (χ3v) is 7.24. The van der Waals surface area contributed by atoms with Crippen molar-refractivity contribution in [3.8, 4) is 11.5 Å². The lowest BCUT2D eigenvalue weighted by Crippen LogP contribution is -2.29. The summed E-state index contributed by atoms with van der Waals surface area (Å²) in [5, 5.41) is 5.24. The fourth-order valence-corrected chi connectivity index (χ4v) is 5.09. The van der Waals surface area contributed by atoms with Crippen LogP contribution in [0.2, 0.25) is 0 Å². The Morgan fingerprint density at radius 3 is 2.58 bits per heavy atom. The number of nitrogens with zero attached hydrogens (tertiary/aromatic N) is 1. The molecule has 6 nitrogen and oxygen atoms in total. The Hall–Kier alpha value is -3.32. The van der Waals surface area contributed by atoms with Gasteiger partial charge in [0.05, 0.1) is 24.9 Å². The highest BCUT2D eigenvalue weighted by molar-refractivity contribution is 7.13. The third kappa shape index (κ3) is 4.46. The van der Waals surface area contributed by atoms with Crippen LogP contribution in [0.1, 0.15) is 57.2 Å². The van der Waals surface area contributed by atoms with Gasteiger partial charge < -0.3 is 19.8 Å². The summed E-state index contributed by atoms with van der Waals surface area (Å²) in [6.07, 6.45) is 2.01. The number of nitrogens with one attached hydrogen (secondary N) is 2. The van der Waals surface area contributed by atoms with Crippen LogP contribution < -0.4 is 14.8 Å². The zero-order valence-corrected chi connectivity index (χ0v) is 20.4. The lowest BCUT2D eigenvalue weighted by molar-refractivity contribution is 0.0955. The first kappa shape index (κ1) is 22.9. The van der Waals surface area contributed by atoms with Gasteiger partial charge in [0, 0.05) is 41.0 Å². The van der Waals surface area contributed by atoms with Gasteiger partial charge in [-0.05, 0) is 24.6 Å². The number of hydrogen-bond donors (Lipinski definition) is 2. The average Bonchev–Trinajstić information content (AvgIpc) is 3.43. The standard InChI is InChI=1S/C26H29N3O3S/c1-15(2)26-29-16(3)24(33-26)25(30)28-14-20(18-10-8-12-22(31-4)23(18)32-5)19-13-27-21-11-7-6-9-17(19)21/h6-13,15,20,27H,14H2,1-5H3,(H,28,30). The molecule has 7 heteroatoms. The first-order valence-corrected chi connectivity index (χ1v) is 11.8. The SMILES string of the molecule is COc1cccc(C(CNC(=O)c2sc(C(C)C)nc2C)c2c[nH]c3ccccc23)c1OC.